The Labute approximate surface area is 143 Å². The predicted molar refractivity (Wildman–Crippen MR) is 92.2 cm³/mol. The van der Waals surface area contributed by atoms with Crippen LogP contribution in [0.1, 0.15) is 16.7 Å². The number of thiophene rings is 1. The molecule has 0 amide bonds. The van der Waals surface area contributed by atoms with Gasteiger partial charge in [0.05, 0.1) is 18.8 Å². The van der Waals surface area contributed by atoms with E-state index in [0.717, 1.165) is 25.8 Å². The van der Waals surface area contributed by atoms with Gasteiger partial charge in [0.2, 0.25) is 0 Å². The van der Waals surface area contributed by atoms with Crippen LogP contribution in [-0.2, 0) is 6.18 Å². The van der Waals surface area contributed by atoms with Gasteiger partial charge in [0, 0.05) is 17.1 Å². The van der Waals surface area contributed by atoms with Crippen molar-refractivity contribution in [1.82, 2.24) is 4.98 Å². The molecule has 0 N–H and O–H groups in total. The van der Waals surface area contributed by atoms with Gasteiger partial charge in [-0.3, -0.25) is 4.98 Å². The minimum Gasteiger partial charge on any atom is -0.254 e. The first-order chi connectivity index (χ1) is 10.3. The molecule has 0 fully saturated rings. The van der Waals surface area contributed by atoms with Gasteiger partial charge < -0.3 is 0 Å². The maximum Gasteiger partial charge on any atom is 0.418 e. The molecule has 114 valence electrons. The number of rotatable bonds is 1. The molecule has 0 aliphatic carbocycles. The van der Waals surface area contributed by atoms with Crippen LogP contribution in [0.25, 0.3) is 21.3 Å². The number of hydrogen-bond acceptors (Lipinski definition) is 2. The van der Waals surface area contributed by atoms with E-state index in [0.29, 0.717) is 10.4 Å². The molecule has 0 unspecified atom stereocenters. The predicted octanol–water partition coefficient (Wildman–Crippen LogP) is 6.20. The summed E-state index contributed by atoms with van der Waals surface area (Å²) >= 11 is 3.39. The van der Waals surface area contributed by atoms with Crippen LogP contribution >= 0.6 is 33.9 Å². The van der Waals surface area contributed by atoms with E-state index >= 15 is 0 Å². The number of alkyl halides is 3. The molecule has 0 atom stereocenters. The normalized spacial score (nSPS) is 12.1. The SMILES string of the molecule is Cc1cc(C)cc(-c2ncc(C(F)(F)F)c3cc(I)sc23)c1. The fraction of sp³-hybridized carbons (Fsp3) is 0.188. The summed E-state index contributed by atoms with van der Waals surface area (Å²) in [5.74, 6) is 0. The molecule has 0 aliphatic rings. The highest BCUT2D eigenvalue weighted by Gasteiger charge is 2.34. The molecule has 6 heteroatoms. The Morgan fingerprint density at radius 1 is 1.05 bits per heavy atom. The minimum atomic E-state index is -4.39. The molecule has 1 aromatic carbocycles. The summed E-state index contributed by atoms with van der Waals surface area (Å²) in [4.78, 5) is 4.13. The summed E-state index contributed by atoms with van der Waals surface area (Å²) in [5.41, 5.74) is 2.93. The third-order valence-electron chi connectivity index (χ3n) is 3.33. The quantitative estimate of drug-likeness (QED) is 0.417. The third-order valence-corrected chi connectivity index (χ3v) is 5.23. The van der Waals surface area contributed by atoms with Gasteiger partial charge in [-0.05, 0) is 54.6 Å². The molecular weight excluding hydrogens is 422 g/mol. The highest BCUT2D eigenvalue weighted by molar-refractivity contribution is 14.1. The van der Waals surface area contributed by atoms with Gasteiger partial charge in [-0.25, -0.2) is 0 Å². The largest absolute Gasteiger partial charge is 0.418 e. The minimum absolute atomic E-state index is 0.228. The first-order valence-electron chi connectivity index (χ1n) is 6.49. The highest BCUT2D eigenvalue weighted by Crippen LogP contribution is 2.41. The van der Waals surface area contributed by atoms with Crippen LogP contribution in [-0.4, -0.2) is 4.98 Å². The molecule has 2 heterocycles. The topological polar surface area (TPSA) is 12.9 Å². The lowest BCUT2D eigenvalue weighted by atomic mass is 10.0. The van der Waals surface area contributed by atoms with Crippen LogP contribution in [0.15, 0.2) is 30.5 Å². The number of benzene rings is 1. The van der Waals surface area contributed by atoms with E-state index in [1.165, 1.54) is 11.3 Å². The zero-order chi connectivity index (χ0) is 16.1. The van der Waals surface area contributed by atoms with E-state index < -0.39 is 11.7 Å². The number of nitrogens with zero attached hydrogens (tertiary/aromatic N) is 1. The second kappa shape index (κ2) is 5.49. The second-order valence-electron chi connectivity index (χ2n) is 5.19. The van der Waals surface area contributed by atoms with Crippen LogP contribution in [0, 0.1) is 16.7 Å². The van der Waals surface area contributed by atoms with Crippen molar-refractivity contribution in [2.75, 3.05) is 0 Å². The summed E-state index contributed by atoms with van der Waals surface area (Å²) < 4.78 is 40.9. The van der Waals surface area contributed by atoms with Gasteiger partial charge in [0.25, 0.3) is 0 Å². The van der Waals surface area contributed by atoms with Gasteiger partial charge >= 0.3 is 6.18 Å². The zero-order valence-corrected chi connectivity index (χ0v) is 14.7. The van der Waals surface area contributed by atoms with Gasteiger partial charge in [0.15, 0.2) is 0 Å². The van der Waals surface area contributed by atoms with Crippen molar-refractivity contribution < 1.29 is 13.2 Å². The van der Waals surface area contributed by atoms with E-state index in [2.05, 4.69) is 27.6 Å². The molecule has 3 aromatic rings. The number of fused-ring (bicyclic) bond motifs is 1. The van der Waals surface area contributed by atoms with Crippen LogP contribution in [0.2, 0.25) is 0 Å². The molecule has 1 nitrogen and oxygen atoms in total. The number of hydrogen-bond donors (Lipinski definition) is 0. The Morgan fingerprint density at radius 2 is 1.68 bits per heavy atom. The lowest BCUT2D eigenvalue weighted by Crippen LogP contribution is -2.06. The fourth-order valence-electron chi connectivity index (χ4n) is 2.54. The van der Waals surface area contributed by atoms with E-state index in [4.69, 9.17) is 0 Å². The molecule has 3 rings (SSSR count). The lowest BCUT2D eigenvalue weighted by Gasteiger charge is -2.11. The monoisotopic (exact) mass is 433 g/mol. The highest BCUT2D eigenvalue weighted by atomic mass is 127. The van der Waals surface area contributed by atoms with Crippen molar-refractivity contribution >= 4 is 44.0 Å². The second-order valence-corrected chi connectivity index (χ2v) is 8.13. The Kier molecular flexibility index (Phi) is 3.92. The smallest absolute Gasteiger partial charge is 0.254 e. The van der Waals surface area contributed by atoms with Crippen molar-refractivity contribution in [2.24, 2.45) is 0 Å². The van der Waals surface area contributed by atoms with Crippen molar-refractivity contribution in [3.63, 3.8) is 0 Å². The molecule has 22 heavy (non-hydrogen) atoms. The molecule has 0 radical (unpaired) electrons. The van der Waals surface area contributed by atoms with E-state index in [-0.39, 0.29) is 5.39 Å². The maximum absolute atomic E-state index is 13.2. The van der Waals surface area contributed by atoms with E-state index in [1.54, 1.807) is 6.07 Å². The summed E-state index contributed by atoms with van der Waals surface area (Å²) in [6.45, 7) is 3.94. The molecular formula is C16H11F3INS. The van der Waals surface area contributed by atoms with Crippen LogP contribution < -0.4 is 0 Å². The van der Waals surface area contributed by atoms with Crippen molar-refractivity contribution in [1.29, 1.82) is 0 Å². The number of pyridine rings is 1. The average molecular weight is 433 g/mol. The Morgan fingerprint density at radius 3 is 2.27 bits per heavy atom. The van der Waals surface area contributed by atoms with Gasteiger partial charge in [-0.2, -0.15) is 13.2 Å². The maximum atomic E-state index is 13.2. The Hall–Kier alpha value is -1.15. The molecule has 0 aliphatic heterocycles. The Balaban J connectivity index is 2.32. The lowest BCUT2D eigenvalue weighted by molar-refractivity contribution is -0.136. The summed E-state index contributed by atoms with van der Waals surface area (Å²) in [6.07, 6.45) is -3.45. The van der Waals surface area contributed by atoms with E-state index in [9.17, 15) is 13.2 Å². The number of halogens is 4. The number of aromatic nitrogens is 1. The average Bonchev–Trinajstić information content (AvgIpc) is 2.75. The molecule has 0 spiro atoms. The fourth-order valence-corrected chi connectivity index (χ4v) is 4.43. The van der Waals surface area contributed by atoms with Crippen LogP contribution in [0.3, 0.4) is 0 Å². The molecule has 0 saturated carbocycles. The summed E-state index contributed by atoms with van der Waals surface area (Å²) in [6, 6.07) is 7.52. The Bertz CT molecular complexity index is 847. The summed E-state index contributed by atoms with van der Waals surface area (Å²) in [5, 5.41) is 0.228. The molecule has 2 aromatic heterocycles. The zero-order valence-electron chi connectivity index (χ0n) is 11.8. The molecule has 0 bridgehead atoms. The molecule has 0 saturated heterocycles. The van der Waals surface area contributed by atoms with Gasteiger partial charge in [0.1, 0.15) is 0 Å². The summed E-state index contributed by atoms with van der Waals surface area (Å²) in [7, 11) is 0. The number of aryl methyl sites for hydroxylation is 2. The van der Waals surface area contributed by atoms with Crippen LogP contribution in [0.4, 0.5) is 13.2 Å². The van der Waals surface area contributed by atoms with Crippen molar-refractivity contribution in [3.8, 4) is 11.3 Å². The van der Waals surface area contributed by atoms with E-state index in [1.807, 2.05) is 32.0 Å². The third kappa shape index (κ3) is 2.86. The first kappa shape index (κ1) is 15.7. The van der Waals surface area contributed by atoms with Crippen LogP contribution in [0.5, 0.6) is 0 Å². The first-order valence-corrected chi connectivity index (χ1v) is 8.39. The van der Waals surface area contributed by atoms with Gasteiger partial charge in [-0.1, -0.05) is 17.2 Å². The van der Waals surface area contributed by atoms with Crippen molar-refractivity contribution in [3.05, 3.63) is 50.0 Å². The van der Waals surface area contributed by atoms with Crippen molar-refractivity contribution in [2.45, 2.75) is 20.0 Å². The standard InChI is InChI=1S/C16H11F3INS/c1-8-3-9(2)5-10(4-8)14-15-11(6-13(20)22-15)12(7-21-14)16(17,18)19/h3-7H,1-2H3. The van der Waals surface area contributed by atoms with Gasteiger partial charge in [-0.15, -0.1) is 11.3 Å².